The van der Waals surface area contributed by atoms with Gasteiger partial charge >= 0.3 is 11.9 Å². The van der Waals surface area contributed by atoms with Gasteiger partial charge in [0, 0.05) is 11.4 Å². The monoisotopic (exact) mass is 373 g/mol. The van der Waals surface area contributed by atoms with Gasteiger partial charge in [-0.2, -0.15) is 0 Å². The van der Waals surface area contributed by atoms with E-state index in [9.17, 15) is 9.59 Å². The number of halogens is 2. The fraction of sp³-hybridized carbons (Fsp3) is 0.400. The number of imidazole rings is 1. The lowest BCUT2D eigenvalue weighted by Crippen LogP contribution is -2.32. The third kappa shape index (κ3) is 3.27. The molecule has 9 heteroatoms. The molecular weight excluding hydrogens is 357 g/mol. The molecule has 2 heterocycles. The van der Waals surface area contributed by atoms with Crippen molar-refractivity contribution in [2.75, 3.05) is 13.7 Å². The molecule has 0 amide bonds. The maximum absolute atomic E-state index is 12.4. The Balaban J connectivity index is 2.66. The van der Waals surface area contributed by atoms with Crippen LogP contribution in [0.1, 0.15) is 32.5 Å². The first kappa shape index (κ1) is 18.4. The molecule has 0 spiro atoms. The molecule has 1 aliphatic rings. The van der Waals surface area contributed by atoms with E-state index in [1.807, 2.05) is 0 Å². The molecule has 130 valence electrons. The fourth-order valence-corrected chi connectivity index (χ4v) is 2.89. The number of esters is 2. The van der Waals surface area contributed by atoms with Crippen LogP contribution in [-0.2, 0) is 19.1 Å². The van der Waals surface area contributed by atoms with Crippen molar-refractivity contribution in [3.8, 4) is 0 Å². The van der Waals surface area contributed by atoms with Gasteiger partial charge in [-0.3, -0.25) is 0 Å². The van der Waals surface area contributed by atoms with Crippen molar-refractivity contribution in [1.82, 2.24) is 15.3 Å². The number of aromatic nitrogens is 2. The molecule has 0 bridgehead atoms. The van der Waals surface area contributed by atoms with Crippen LogP contribution in [0.4, 0.5) is 0 Å². The number of methoxy groups -OCH3 is 1. The zero-order valence-corrected chi connectivity index (χ0v) is 15.1. The van der Waals surface area contributed by atoms with Gasteiger partial charge in [0.25, 0.3) is 0 Å². The van der Waals surface area contributed by atoms with Gasteiger partial charge in [-0.05, 0) is 20.8 Å². The summed E-state index contributed by atoms with van der Waals surface area (Å²) in [5.74, 6) is -1.73. The van der Waals surface area contributed by atoms with Crippen molar-refractivity contribution in [2.45, 2.75) is 26.7 Å². The second kappa shape index (κ2) is 7.27. The Kier molecular flexibility index (Phi) is 5.56. The van der Waals surface area contributed by atoms with E-state index in [-0.39, 0.29) is 33.9 Å². The number of hydrogen-bond acceptors (Lipinski definition) is 6. The molecule has 24 heavy (non-hydrogen) atoms. The fourth-order valence-electron chi connectivity index (χ4n) is 2.61. The Bertz CT molecular complexity index is 732. The van der Waals surface area contributed by atoms with Crippen LogP contribution >= 0.6 is 23.2 Å². The second-order valence-electron chi connectivity index (χ2n) is 5.07. The molecule has 7 nitrogen and oxygen atoms in total. The molecule has 2 rings (SSSR count). The highest BCUT2D eigenvalue weighted by Crippen LogP contribution is 2.39. The molecule has 1 unspecified atom stereocenters. The smallest absolute Gasteiger partial charge is 0.336 e. The van der Waals surface area contributed by atoms with E-state index in [0.29, 0.717) is 11.4 Å². The lowest BCUT2D eigenvalue weighted by atomic mass is 9.85. The van der Waals surface area contributed by atoms with Gasteiger partial charge in [0.05, 0.1) is 30.8 Å². The predicted octanol–water partition coefficient (Wildman–Crippen LogP) is 2.69. The molecule has 1 aromatic heterocycles. The summed E-state index contributed by atoms with van der Waals surface area (Å²) in [5.41, 5.74) is 1.56. The van der Waals surface area contributed by atoms with Gasteiger partial charge in [0.15, 0.2) is 5.15 Å². The minimum absolute atomic E-state index is 0.0490. The maximum atomic E-state index is 12.4. The number of dihydropyridines is 1. The van der Waals surface area contributed by atoms with E-state index in [2.05, 4.69) is 15.3 Å². The number of nitrogens with one attached hydrogen (secondary N) is 2. The number of carbonyl (C=O) groups excluding carboxylic acids is 2. The molecule has 1 aliphatic heterocycles. The minimum atomic E-state index is -0.831. The van der Waals surface area contributed by atoms with E-state index < -0.39 is 17.9 Å². The van der Waals surface area contributed by atoms with Crippen molar-refractivity contribution in [3.63, 3.8) is 0 Å². The molecule has 0 saturated heterocycles. The Labute approximate surface area is 149 Å². The first-order chi connectivity index (χ1) is 11.3. The average Bonchev–Trinajstić information content (AvgIpc) is 2.85. The average molecular weight is 374 g/mol. The van der Waals surface area contributed by atoms with Crippen molar-refractivity contribution < 1.29 is 19.1 Å². The Hall–Kier alpha value is -1.99. The van der Waals surface area contributed by atoms with E-state index >= 15 is 0 Å². The van der Waals surface area contributed by atoms with Crippen LogP contribution in [0.25, 0.3) is 0 Å². The summed E-state index contributed by atoms with van der Waals surface area (Å²) in [7, 11) is 1.26. The van der Waals surface area contributed by atoms with Gasteiger partial charge in [-0.15, -0.1) is 0 Å². The van der Waals surface area contributed by atoms with Gasteiger partial charge in [0.1, 0.15) is 11.0 Å². The van der Waals surface area contributed by atoms with Crippen LogP contribution in [0.3, 0.4) is 0 Å². The molecule has 0 saturated carbocycles. The zero-order chi connectivity index (χ0) is 18.0. The predicted molar refractivity (Wildman–Crippen MR) is 88.5 cm³/mol. The summed E-state index contributed by atoms with van der Waals surface area (Å²) in [6.07, 6.45) is 0. The summed E-state index contributed by atoms with van der Waals surface area (Å²) in [5, 5.41) is 3.17. The van der Waals surface area contributed by atoms with Crippen molar-refractivity contribution in [2.24, 2.45) is 0 Å². The Morgan fingerprint density at radius 3 is 2.21 bits per heavy atom. The summed E-state index contributed by atoms with van der Waals surface area (Å²) in [6, 6.07) is 0. The third-order valence-electron chi connectivity index (χ3n) is 3.57. The number of H-pyrrole nitrogens is 1. The standard InChI is InChI=1S/C15H17Cl2N3O4/c1-5-24-15(22)9-7(3)18-6(2)8(14(21)23-4)10(9)13-19-11(16)12(17)20-13/h10,18H,5H2,1-4H3,(H,19,20). The number of hydrogen-bond donors (Lipinski definition) is 2. The number of ether oxygens (including phenoxy) is 2. The van der Waals surface area contributed by atoms with E-state index in [1.165, 1.54) is 7.11 Å². The summed E-state index contributed by atoms with van der Waals surface area (Å²) < 4.78 is 9.97. The van der Waals surface area contributed by atoms with Crippen LogP contribution in [0, 0.1) is 0 Å². The highest BCUT2D eigenvalue weighted by Gasteiger charge is 2.39. The number of aromatic amines is 1. The van der Waals surface area contributed by atoms with Gasteiger partial charge in [0.2, 0.25) is 0 Å². The number of carbonyl (C=O) groups is 2. The van der Waals surface area contributed by atoms with Crippen LogP contribution < -0.4 is 5.32 Å². The zero-order valence-electron chi connectivity index (χ0n) is 13.6. The quantitative estimate of drug-likeness (QED) is 0.788. The molecule has 1 aromatic rings. The van der Waals surface area contributed by atoms with Crippen LogP contribution in [0.5, 0.6) is 0 Å². The van der Waals surface area contributed by atoms with Crippen LogP contribution in [-0.4, -0.2) is 35.6 Å². The lowest BCUT2D eigenvalue weighted by Gasteiger charge is -2.28. The lowest BCUT2D eigenvalue weighted by molar-refractivity contribution is -0.139. The molecule has 0 fully saturated rings. The summed E-state index contributed by atoms with van der Waals surface area (Å²) in [6.45, 7) is 5.31. The number of rotatable bonds is 4. The normalized spacial score (nSPS) is 17.7. The number of nitrogens with zero attached hydrogens (tertiary/aromatic N) is 1. The van der Waals surface area contributed by atoms with E-state index in [4.69, 9.17) is 32.7 Å². The minimum Gasteiger partial charge on any atom is -0.466 e. The SMILES string of the molecule is CCOC(=O)C1=C(C)NC(C)=C(C(=O)OC)C1c1nc(Cl)c(Cl)[nH]1. The van der Waals surface area contributed by atoms with E-state index in [1.54, 1.807) is 20.8 Å². The second-order valence-corrected chi connectivity index (χ2v) is 5.81. The van der Waals surface area contributed by atoms with Gasteiger partial charge in [-0.25, -0.2) is 14.6 Å². The van der Waals surface area contributed by atoms with Crippen molar-refractivity contribution >= 4 is 35.1 Å². The van der Waals surface area contributed by atoms with Crippen molar-refractivity contribution in [1.29, 1.82) is 0 Å². The van der Waals surface area contributed by atoms with E-state index in [0.717, 1.165) is 0 Å². The number of allylic oxidation sites excluding steroid dienone is 2. The Morgan fingerprint density at radius 1 is 1.17 bits per heavy atom. The first-order valence-corrected chi connectivity index (χ1v) is 7.92. The molecule has 0 radical (unpaired) electrons. The molecular formula is C15H17Cl2N3O4. The summed E-state index contributed by atoms with van der Waals surface area (Å²) in [4.78, 5) is 31.7. The van der Waals surface area contributed by atoms with Crippen LogP contribution in [0.2, 0.25) is 10.3 Å². The van der Waals surface area contributed by atoms with Crippen molar-refractivity contribution in [3.05, 3.63) is 38.7 Å². The third-order valence-corrected chi connectivity index (χ3v) is 4.22. The molecule has 0 aromatic carbocycles. The summed E-state index contributed by atoms with van der Waals surface area (Å²) >= 11 is 11.9. The molecule has 1 atom stereocenters. The topological polar surface area (TPSA) is 93.3 Å². The first-order valence-electron chi connectivity index (χ1n) is 7.16. The largest absolute Gasteiger partial charge is 0.466 e. The van der Waals surface area contributed by atoms with Gasteiger partial charge in [-0.1, -0.05) is 23.2 Å². The van der Waals surface area contributed by atoms with Crippen LogP contribution in [0.15, 0.2) is 22.5 Å². The molecule has 2 N–H and O–H groups in total. The molecule has 0 aliphatic carbocycles. The highest BCUT2D eigenvalue weighted by atomic mass is 35.5. The highest BCUT2D eigenvalue weighted by molar-refractivity contribution is 6.40. The Morgan fingerprint density at radius 2 is 1.75 bits per heavy atom. The maximum Gasteiger partial charge on any atom is 0.336 e. The van der Waals surface area contributed by atoms with Gasteiger partial charge < -0.3 is 19.8 Å².